The number of hydrogen-bond donors (Lipinski definition) is 1. The maximum absolute atomic E-state index is 12.9. The van der Waals surface area contributed by atoms with Crippen molar-refractivity contribution in [3.8, 4) is 0 Å². The SMILES string of the molecule is CC(C)(C)OC(=O)N1CCC2(CC1)CC(NC(=O)[C@@H]1CC[C@@H]3CN1C(=O)N3OS(=O)(=O)[O-])C2.CCCC[N+](CCCC)(CCCC)CCCC. The molecule has 4 aliphatic rings. The number of urea groups is 1. The molecule has 50 heavy (non-hydrogen) atoms. The van der Waals surface area contributed by atoms with Gasteiger partial charge in [0.1, 0.15) is 11.6 Å². The van der Waals surface area contributed by atoms with Gasteiger partial charge < -0.3 is 28.9 Å². The van der Waals surface area contributed by atoms with E-state index in [0.717, 1.165) is 25.7 Å². The van der Waals surface area contributed by atoms with E-state index in [2.05, 4.69) is 37.3 Å². The topological polar surface area (TPSA) is 149 Å². The van der Waals surface area contributed by atoms with Crippen LogP contribution in [0.1, 0.15) is 138 Å². The number of fused-ring (bicyclic) bond motifs is 2. The van der Waals surface area contributed by atoms with Gasteiger partial charge in [-0.3, -0.25) is 4.79 Å². The van der Waals surface area contributed by atoms with Gasteiger partial charge in [0.2, 0.25) is 16.3 Å². The van der Waals surface area contributed by atoms with E-state index >= 15 is 0 Å². The first kappa shape index (κ1) is 42.3. The first-order valence-electron chi connectivity index (χ1n) is 19.4. The van der Waals surface area contributed by atoms with Gasteiger partial charge in [0.25, 0.3) is 0 Å². The summed E-state index contributed by atoms with van der Waals surface area (Å²) in [5.41, 5.74) is -0.426. The third-order valence-corrected chi connectivity index (χ3v) is 11.3. The molecule has 3 saturated heterocycles. The van der Waals surface area contributed by atoms with E-state index in [9.17, 15) is 27.4 Å². The molecule has 0 aromatic heterocycles. The fraction of sp³-hybridized carbons (Fsp3) is 0.917. The monoisotopic (exact) mass is 729 g/mol. The van der Waals surface area contributed by atoms with Crippen molar-refractivity contribution in [2.24, 2.45) is 5.41 Å². The Morgan fingerprint density at radius 1 is 0.900 bits per heavy atom. The molecule has 1 N–H and O–H groups in total. The molecule has 1 spiro atoms. The normalized spacial score (nSPS) is 22.2. The molecule has 4 fully saturated rings. The summed E-state index contributed by atoms with van der Waals surface area (Å²) in [6.07, 6.45) is 14.8. The lowest BCUT2D eigenvalue weighted by molar-refractivity contribution is -0.929. The Balaban J connectivity index is 0.000000338. The third-order valence-electron chi connectivity index (χ3n) is 10.9. The van der Waals surface area contributed by atoms with Gasteiger partial charge in [0.05, 0.1) is 32.2 Å². The fourth-order valence-electron chi connectivity index (χ4n) is 8.03. The Kier molecular flexibility index (Phi) is 15.7. The van der Waals surface area contributed by atoms with Gasteiger partial charge in [-0.1, -0.05) is 53.4 Å². The predicted octanol–water partition coefficient (Wildman–Crippen LogP) is 5.95. The number of unbranched alkanes of at least 4 members (excludes halogenated alkanes) is 4. The standard InChI is InChI=1S/C20H32N4O8S.C16H36N/c1-19(2,3)31-18(27)22-8-6-20(7-9-22)10-13(11-20)21-16(25)15-5-4-14-12-23(15)17(26)24(14)32-33(28,29)30;1-5-9-13-17(14-10-6-2,15-11-7-3)16-12-8-4/h13-15H,4-12H2,1-3H3,(H,21,25)(H,28,29,30);5-16H2,1-4H3/q;+1/p-1/t14-,15+;/m1./s1. The quantitative estimate of drug-likeness (QED) is 0.117. The average Bonchev–Trinajstić information content (AvgIpc) is 3.26. The molecule has 0 aromatic rings. The summed E-state index contributed by atoms with van der Waals surface area (Å²) in [5, 5.41) is 3.59. The summed E-state index contributed by atoms with van der Waals surface area (Å²) in [6, 6.07) is -2.07. The molecule has 0 aromatic carbocycles. The highest BCUT2D eigenvalue weighted by molar-refractivity contribution is 7.80. The van der Waals surface area contributed by atoms with Crippen LogP contribution in [0.15, 0.2) is 0 Å². The average molecular weight is 730 g/mol. The zero-order valence-corrected chi connectivity index (χ0v) is 32.9. The number of carbonyl (C=O) groups is 3. The number of hydroxylamine groups is 2. The summed E-state index contributed by atoms with van der Waals surface area (Å²) < 4.78 is 43.8. The van der Waals surface area contributed by atoms with E-state index in [0.29, 0.717) is 31.0 Å². The molecule has 290 valence electrons. The van der Waals surface area contributed by atoms with Crippen molar-refractivity contribution in [1.82, 2.24) is 20.2 Å². The number of carbonyl (C=O) groups excluding carboxylic acids is 3. The van der Waals surface area contributed by atoms with Gasteiger partial charge in [0.15, 0.2) is 0 Å². The number of nitrogens with zero attached hydrogens (tertiary/aromatic N) is 4. The second-order valence-corrected chi connectivity index (χ2v) is 17.2. The van der Waals surface area contributed by atoms with Crippen molar-refractivity contribution >= 4 is 28.4 Å². The minimum Gasteiger partial charge on any atom is -0.724 e. The summed E-state index contributed by atoms with van der Waals surface area (Å²) >= 11 is 0. The number of ether oxygens (including phenoxy) is 1. The molecule has 1 aliphatic carbocycles. The molecule has 13 nitrogen and oxygen atoms in total. The van der Waals surface area contributed by atoms with Crippen molar-refractivity contribution in [3.05, 3.63) is 0 Å². The van der Waals surface area contributed by atoms with E-state index in [1.807, 2.05) is 20.8 Å². The van der Waals surface area contributed by atoms with Crippen molar-refractivity contribution in [3.63, 3.8) is 0 Å². The van der Waals surface area contributed by atoms with Crippen LogP contribution in [0.4, 0.5) is 9.59 Å². The Morgan fingerprint density at radius 3 is 1.84 bits per heavy atom. The van der Waals surface area contributed by atoms with Gasteiger partial charge in [-0.2, -0.15) is 9.35 Å². The lowest BCUT2D eigenvalue weighted by Gasteiger charge is -2.52. The van der Waals surface area contributed by atoms with Gasteiger partial charge in [-0.05, 0) is 90.4 Å². The highest BCUT2D eigenvalue weighted by Gasteiger charge is 2.51. The minimum absolute atomic E-state index is 0.00428. The lowest BCUT2D eigenvalue weighted by Crippen LogP contribution is -2.59. The van der Waals surface area contributed by atoms with E-state index in [4.69, 9.17) is 4.74 Å². The van der Waals surface area contributed by atoms with Crippen molar-refractivity contribution in [2.75, 3.05) is 45.8 Å². The summed E-state index contributed by atoms with van der Waals surface area (Å²) in [6.45, 7) is 21.9. The molecule has 14 heteroatoms. The van der Waals surface area contributed by atoms with Crippen molar-refractivity contribution in [1.29, 1.82) is 0 Å². The van der Waals surface area contributed by atoms with Crippen LogP contribution in [0.25, 0.3) is 0 Å². The number of quaternary nitrogens is 1. The molecule has 4 rings (SSSR count). The maximum Gasteiger partial charge on any atom is 0.410 e. The van der Waals surface area contributed by atoms with Crippen LogP contribution in [0.2, 0.25) is 0 Å². The van der Waals surface area contributed by atoms with Crippen LogP contribution < -0.4 is 5.32 Å². The Labute approximate surface area is 302 Å². The number of piperidine rings is 2. The van der Waals surface area contributed by atoms with Gasteiger partial charge >= 0.3 is 12.1 Å². The van der Waals surface area contributed by atoms with Crippen LogP contribution in [0, 0.1) is 5.41 Å². The molecule has 3 heterocycles. The Bertz CT molecular complexity index is 1170. The van der Waals surface area contributed by atoms with E-state index < -0.39 is 34.1 Å². The lowest BCUT2D eigenvalue weighted by atomic mass is 9.60. The highest BCUT2D eigenvalue weighted by atomic mass is 32.3. The molecule has 2 bridgehead atoms. The fourth-order valence-corrected chi connectivity index (χ4v) is 8.41. The van der Waals surface area contributed by atoms with Crippen molar-refractivity contribution in [2.45, 2.75) is 162 Å². The number of rotatable bonds is 16. The van der Waals surface area contributed by atoms with Gasteiger partial charge in [0, 0.05) is 25.7 Å². The summed E-state index contributed by atoms with van der Waals surface area (Å²) in [7, 11) is -5.07. The summed E-state index contributed by atoms with van der Waals surface area (Å²) in [4.78, 5) is 40.6. The van der Waals surface area contributed by atoms with Crippen LogP contribution in [-0.2, 0) is 24.2 Å². The van der Waals surface area contributed by atoms with E-state index in [1.165, 1.54) is 86.9 Å². The number of amides is 4. The molecule has 2 atom stereocenters. The van der Waals surface area contributed by atoms with Crippen molar-refractivity contribution < 1.29 is 40.9 Å². The van der Waals surface area contributed by atoms with E-state index in [-0.39, 0.29) is 30.0 Å². The zero-order chi connectivity index (χ0) is 37.2. The number of hydrogen-bond acceptors (Lipinski definition) is 8. The molecule has 0 unspecified atom stereocenters. The predicted molar refractivity (Wildman–Crippen MR) is 192 cm³/mol. The second-order valence-electron chi connectivity index (χ2n) is 16.2. The van der Waals surface area contributed by atoms with Gasteiger partial charge in [-0.25, -0.2) is 18.0 Å². The molecular formula is C36H67N5O8S. The largest absolute Gasteiger partial charge is 0.724 e. The van der Waals surface area contributed by atoms with E-state index in [1.54, 1.807) is 4.90 Å². The van der Waals surface area contributed by atoms with Crippen LogP contribution in [-0.4, -0.2) is 120 Å². The molecule has 4 amide bonds. The smallest absolute Gasteiger partial charge is 0.410 e. The molecular weight excluding hydrogens is 662 g/mol. The Hall–Kier alpha value is -2.16. The third kappa shape index (κ3) is 12.2. The zero-order valence-electron chi connectivity index (χ0n) is 32.0. The van der Waals surface area contributed by atoms with Gasteiger partial charge in [-0.15, -0.1) is 0 Å². The summed E-state index contributed by atoms with van der Waals surface area (Å²) in [5.74, 6) is -0.278. The number of nitrogens with one attached hydrogen (secondary N) is 1. The second kappa shape index (κ2) is 18.6. The van der Waals surface area contributed by atoms with Crippen LogP contribution >= 0.6 is 0 Å². The minimum atomic E-state index is -5.07. The molecule has 0 radical (unpaired) electrons. The molecule has 1 saturated carbocycles. The Morgan fingerprint density at radius 2 is 1.40 bits per heavy atom. The first-order valence-corrected chi connectivity index (χ1v) is 20.7. The van der Waals surface area contributed by atoms with Crippen LogP contribution in [0.5, 0.6) is 0 Å². The number of likely N-dealkylation sites (tertiary alicyclic amines) is 1. The molecule has 3 aliphatic heterocycles. The van der Waals surface area contributed by atoms with Crippen LogP contribution in [0.3, 0.4) is 0 Å². The highest BCUT2D eigenvalue weighted by Crippen LogP contribution is 2.49. The maximum atomic E-state index is 12.9. The first-order chi connectivity index (χ1) is 23.5.